The Hall–Kier alpha value is -1.26. The smallest absolute Gasteiger partial charge is 0.321 e. The lowest BCUT2D eigenvalue weighted by Crippen LogP contribution is -2.37. The van der Waals surface area contributed by atoms with Crippen molar-refractivity contribution in [1.82, 2.24) is 4.90 Å². The number of aliphatic hydroxyl groups excluding tert-OH is 1. The first-order valence-electron chi connectivity index (χ1n) is 6.51. The van der Waals surface area contributed by atoms with Crippen molar-refractivity contribution in [2.75, 3.05) is 25.0 Å². The number of amides is 2. The minimum absolute atomic E-state index is 0.0359. The van der Waals surface area contributed by atoms with Gasteiger partial charge < -0.3 is 15.3 Å². The van der Waals surface area contributed by atoms with Crippen molar-refractivity contribution in [1.29, 1.82) is 0 Å². The van der Waals surface area contributed by atoms with E-state index < -0.39 is 0 Å². The van der Waals surface area contributed by atoms with Gasteiger partial charge in [0.15, 0.2) is 0 Å². The molecule has 0 atom stereocenters. The fraction of sp³-hybridized carbons (Fsp3) is 0.500. The van der Waals surface area contributed by atoms with Crippen molar-refractivity contribution in [2.45, 2.75) is 26.7 Å². The van der Waals surface area contributed by atoms with Crippen LogP contribution < -0.4 is 5.32 Å². The number of urea groups is 1. The number of hydrogen-bond acceptors (Lipinski definition) is 2. The molecular weight excluding hydrogens is 264 g/mol. The molecule has 1 aromatic carbocycles. The van der Waals surface area contributed by atoms with Gasteiger partial charge in [0.05, 0.1) is 6.61 Å². The minimum Gasteiger partial charge on any atom is -0.395 e. The molecule has 2 N–H and O–H groups in total. The molecule has 106 valence electrons. The first-order valence-corrected chi connectivity index (χ1v) is 6.89. The molecule has 1 aromatic rings. The molecule has 0 aromatic heterocycles. The third-order valence-electron chi connectivity index (χ3n) is 2.86. The zero-order chi connectivity index (χ0) is 14.3. The molecule has 1 rings (SSSR count). The van der Waals surface area contributed by atoms with Crippen LogP contribution in [0.1, 0.15) is 25.3 Å². The summed E-state index contributed by atoms with van der Waals surface area (Å²) in [6.07, 6.45) is 1.92. The van der Waals surface area contributed by atoms with Gasteiger partial charge in [0.1, 0.15) is 0 Å². The maximum absolute atomic E-state index is 12.1. The van der Waals surface area contributed by atoms with Gasteiger partial charge in [-0.05, 0) is 31.0 Å². The van der Waals surface area contributed by atoms with Gasteiger partial charge in [0.25, 0.3) is 0 Å². The predicted octanol–water partition coefficient (Wildman–Crippen LogP) is 3.27. The highest BCUT2D eigenvalue weighted by atomic mass is 35.5. The van der Waals surface area contributed by atoms with Crippen LogP contribution in [0, 0.1) is 6.92 Å². The van der Waals surface area contributed by atoms with Crippen molar-refractivity contribution in [3.63, 3.8) is 0 Å². The maximum atomic E-state index is 12.1. The van der Waals surface area contributed by atoms with Crippen molar-refractivity contribution < 1.29 is 9.90 Å². The third kappa shape index (κ3) is 5.09. The van der Waals surface area contributed by atoms with E-state index in [1.165, 1.54) is 0 Å². The van der Waals surface area contributed by atoms with Crippen LogP contribution in [0.2, 0.25) is 5.02 Å². The van der Waals surface area contributed by atoms with E-state index in [1.807, 2.05) is 19.1 Å². The normalized spacial score (nSPS) is 10.3. The fourth-order valence-corrected chi connectivity index (χ4v) is 1.84. The molecule has 0 aliphatic heterocycles. The topological polar surface area (TPSA) is 52.6 Å². The van der Waals surface area contributed by atoms with Gasteiger partial charge in [0, 0.05) is 23.8 Å². The molecule has 0 aliphatic carbocycles. The Bertz CT molecular complexity index is 424. The molecule has 0 saturated carbocycles. The summed E-state index contributed by atoms with van der Waals surface area (Å²) in [4.78, 5) is 13.7. The molecule has 0 aliphatic rings. The molecule has 0 heterocycles. The first kappa shape index (κ1) is 15.8. The van der Waals surface area contributed by atoms with Crippen LogP contribution in [0.3, 0.4) is 0 Å². The molecule has 19 heavy (non-hydrogen) atoms. The quantitative estimate of drug-likeness (QED) is 0.842. The van der Waals surface area contributed by atoms with Crippen molar-refractivity contribution >= 4 is 23.3 Å². The number of carbonyl (C=O) groups is 1. The molecule has 0 fully saturated rings. The number of rotatable bonds is 6. The molecule has 0 bridgehead atoms. The summed E-state index contributed by atoms with van der Waals surface area (Å²) >= 11 is 6.02. The van der Waals surface area contributed by atoms with E-state index in [9.17, 15) is 4.79 Å². The summed E-state index contributed by atoms with van der Waals surface area (Å²) in [7, 11) is 0. The first-order chi connectivity index (χ1) is 9.08. The molecule has 0 radical (unpaired) electrons. The maximum Gasteiger partial charge on any atom is 0.321 e. The van der Waals surface area contributed by atoms with Crippen molar-refractivity contribution in [2.24, 2.45) is 0 Å². The van der Waals surface area contributed by atoms with Gasteiger partial charge in [-0.1, -0.05) is 31.0 Å². The second-order valence-electron chi connectivity index (χ2n) is 4.46. The largest absolute Gasteiger partial charge is 0.395 e. The summed E-state index contributed by atoms with van der Waals surface area (Å²) in [6, 6.07) is 5.20. The van der Waals surface area contributed by atoms with Crippen molar-refractivity contribution in [3.05, 3.63) is 28.8 Å². The lowest BCUT2D eigenvalue weighted by atomic mass is 10.2. The van der Waals surface area contributed by atoms with E-state index in [1.54, 1.807) is 11.0 Å². The van der Waals surface area contributed by atoms with Crippen LogP contribution in [-0.2, 0) is 0 Å². The predicted molar refractivity (Wildman–Crippen MR) is 78.8 cm³/mol. The molecular formula is C14H21ClN2O2. The average Bonchev–Trinajstić information content (AvgIpc) is 2.38. The number of unbranched alkanes of at least 4 members (excludes halogenated alkanes) is 1. The summed E-state index contributed by atoms with van der Waals surface area (Å²) in [5, 5.41) is 12.4. The minimum atomic E-state index is -0.206. The second-order valence-corrected chi connectivity index (χ2v) is 4.87. The Labute approximate surface area is 119 Å². The number of nitrogens with zero attached hydrogens (tertiary/aromatic N) is 1. The Morgan fingerprint density at radius 1 is 1.42 bits per heavy atom. The highest BCUT2D eigenvalue weighted by molar-refractivity contribution is 6.31. The molecule has 0 unspecified atom stereocenters. The van der Waals surface area contributed by atoms with E-state index in [-0.39, 0.29) is 12.6 Å². The van der Waals surface area contributed by atoms with Gasteiger partial charge in [0.2, 0.25) is 0 Å². The van der Waals surface area contributed by atoms with Crippen LogP contribution in [0.25, 0.3) is 0 Å². The van der Waals surface area contributed by atoms with Crippen LogP contribution in [0.4, 0.5) is 10.5 Å². The van der Waals surface area contributed by atoms with Gasteiger partial charge in [-0.2, -0.15) is 0 Å². The number of hydrogen-bond donors (Lipinski definition) is 2. The number of carbonyl (C=O) groups excluding carboxylic acids is 1. The van der Waals surface area contributed by atoms with E-state index in [2.05, 4.69) is 12.2 Å². The van der Waals surface area contributed by atoms with E-state index in [4.69, 9.17) is 16.7 Å². The number of halogens is 1. The third-order valence-corrected chi connectivity index (χ3v) is 3.27. The van der Waals surface area contributed by atoms with Crippen LogP contribution in [0.15, 0.2) is 18.2 Å². The monoisotopic (exact) mass is 284 g/mol. The highest BCUT2D eigenvalue weighted by Crippen LogP contribution is 2.20. The van der Waals surface area contributed by atoms with Gasteiger partial charge >= 0.3 is 6.03 Å². The lowest BCUT2D eigenvalue weighted by Gasteiger charge is -2.22. The Morgan fingerprint density at radius 3 is 2.74 bits per heavy atom. The van der Waals surface area contributed by atoms with Gasteiger partial charge in [-0.25, -0.2) is 4.79 Å². The fourth-order valence-electron chi connectivity index (χ4n) is 1.66. The highest BCUT2D eigenvalue weighted by Gasteiger charge is 2.12. The van der Waals surface area contributed by atoms with Crippen LogP contribution in [0.5, 0.6) is 0 Å². The van der Waals surface area contributed by atoms with E-state index in [0.29, 0.717) is 23.8 Å². The molecule has 0 spiro atoms. The average molecular weight is 285 g/mol. The van der Waals surface area contributed by atoms with Crippen molar-refractivity contribution in [3.8, 4) is 0 Å². The summed E-state index contributed by atoms with van der Waals surface area (Å²) in [5.74, 6) is 0. The zero-order valence-electron chi connectivity index (χ0n) is 11.4. The number of nitrogens with one attached hydrogen (secondary N) is 1. The van der Waals surface area contributed by atoms with Gasteiger partial charge in [-0.3, -0.25) is 0 Å². The zero-order valence-corrected chi connectivity index (χ0v) is 12.2. The molecule has 5 heteroatoms. The van der Waals surface area contributed by atoms with E-state index >= 15 is 0 Å². The lowest BCUT2D eigenvalue weighted by molar-refractivity contribution is 0.187. The Balaban J connectivity index is 2.66. The molecule has 4 nitrogen and oxygen atoms in total. The van der Waals surface area contributed by atoms with Crippen LogP contribution >= 0.6 is 11.6 Å². The standard InChI is InChI=1S/C14H21ClN2O2/c1-3-4-7-17(8-9-18)14(19)16-12-6-5-11(2)13(15)10-12/h5-6,10,18H,3-4,7-9H2,1-2H3,(H,16,19). The SMILES string of the molecule is CCCCN(CCO)C(=O)Nc1ccc(C)c(Cl)c1. The van der Waals surface area contributed by atoms with E-state index in [0.717, 1.165) is 18.4 Å². The molecule has 0 saturated heterocycles. The Kier molecular flexibility index (Phi) is 6.67. The summed E-state index contributed by atoms with van der Waals surface area (Å²) in [5.41, 5.74) is 1.64. The Morgan fingerprint density at radius 2 is 2.16 bits per heavy atom. The number of aryl methyl sites for hydroxylation is 1. The number of anilines is 1. The second kappa shape index (κ2) is 8.02. The molecule has 2 amide bonds. The summed E-state index contributed by atoms with van der Waals surface area (Å²) < 4.78 is 0. The number of aliphatic hydroxyl groups is 1. The van der Waals surface area contributed by atoms with Gasteiger partial charge in [-0.15, -0.1) is 0 Å². The summed E-state index contributed by atoms with van der Waals surface area (Å²) in [6.45, 7) is 4.92. The van der Waals surface area contributed by atoms with Crippen LogP contribution in [-0.4, -0.2) is 35.7 Å². The number of benzene rings is 1.